The van der Waals surface area contributed by atoms with E-state index in [0.29, 0.717) is 11.1 Å². The van der Waals surface area contributed by atoms with E-state index in [1.165, 1.54) is 12.2 Å². The van der Waals surface area contributed by atoms with Crippen LogP contribution in [0.25, 0.3) is 34.0 Å². The molecule has 2 fully saturated rings. The third-order valence-corrected chi connectivity index (χ3v) is 6.95. The molecule has 0 saturated carbocycles. The number of nitrogens with one attached hydrogen (secondary N) is 2. The van der Waals surface area contributed by atoms with Crippen molar-refractivity contribution >= 4 is 57.8 Å². The van der Waals surface area contributed by atoms with Crippen LogP contribution in [0.5, 0.6) is 0 Å². The van der Waals surface area contributed by atoms with Gasteiger partial charge in [-0.3, -0.25) is 29.4 Å². The second-order valence-electron chi connectivity index (χ2n) is 10.1. The largest absolute Gasteiger partial charge is 0.360 e. The van der Waals surface area contributed by atoms with Crippen molar-refractivity contribution in [3.8, 4) is 0 Å². The fourth-order valence-electron chi connectivity index (χ4n) is 5.06. The summed E-state index contributed by atoms with van der Waals surface area (Å²) >= 11 is 0. The zero-order valence-corrected chi connectivity index (χ0v) is 22.2. The molecule has 202 valence electrons. The van der Waals surface area contributed by atoms with Crippen LogP contribution in [0.15, 0.2) is 60.7 Å². The van der Waals surface area contributed by atoms with Crippen molar-refractivity contribution < 1.29 is 19.2 Å². The fraction of sp³-hybridized carbons (Fsp3) is 0.214. The van der Waals surface area contributed by atoms with E-state index in [1.807, 2.05) is 0 Å². The molecule has 0 atom stereocenters. The molecule has 40 heavy (non-hydrogen) atoms. The van der Waals surface area contributed by atoms with E-state index in [0.717, 1.165) is 41.6 Å². The van der Waals surface area contributed by atoms with Crippen molar-refractivity contribution in [1.29, 1.82) is 0 Å². The number of hydrogen-bond donors (Lipinski definition) is 2. The molecule has 12 heteroatoms. The smallest absolute Gasteiger partial charge is 0.351 e. The van der Waals surface area contributed by atoms with Gasteiger partial charge in [-0.15, -0.1) is 0 Å². The van der Waals surface area contributed by atoms with Crippen molar-refractivity contribution in [1.82, 2.24) is 39.8 Å². The molecule has 4 aromatic heterocycles. The number of rotatable bonds is 5. The lowest BCUT2D eigenvalue weighted by atomic mass is 10.1. The quantitative estimate of drug-likeness (QED) is 0.290. The number of amides is 6. The molecule has 2 aliphatic heterocycles. The Bertz CT molecular complexity index is 1650. The van der Waals surface area contributed by atoms with Crippen LogP contribution in [0.1, 0.15) is 38.8 Å². The Morgan fingerprint density at radius 3 is 1.45 bits per heavy atom. The summed E-state index contributed by atoms with van der Waals surface area (Å²) in [6, 6.07) is 1.11. The van der Waals surface area contributed by atoms with E-state index in [-0.39, 0.29) is 11.4 Å². The minimum Gasteiger partial charge on any atom is -0.360 e. The molecule has 2 N–H and O–H groups in total. The summed E-state index contributed by atoms with van der Waals surface area (Å²) in [7, 11) is 0. The lowest BCUT2D eigenvalue weighted by molar-refractivity contribution is -0.125. The Morgan fingerprint density at radius 2 is 1.07 bits per heavy atom. The topological polar surface area (TPSA) is 139 Å². The zero-order valence-electron chi connectivity index (χ0n) is 22.2. The molecular weight excluding hydrogens is 512 g/mol. The minimum atomic E-state index is -0.734. The highest BCUT2D eigenvalue weighted by molar-refractivity contribution is 6.19. The van der Waals surface area contributed by atoms with Crippen LogP contribution >= 0.6 is 0 Å². The standard InChI is InChI=1S/C28H26N8O4/c1-15(2)33-25(37)23(9-17-11-31-21-5-7-29-13-19(17)21)35(27(33)39)36-24(26(38)34(16(3)4)28(36)40)10-18-12-32-22-6-8-30-14-20(18)22/h5-16,31-32H,1-4H3/b23-9-,24-10-. The normalized spacial score (nSPS) is 18.6. The van der Waals surface area contributed by atoms with Crippen LogP contribution in [0.2, 0.25) is 0 Å². The summed E-state index contributed by atoms with van der Waals surface area (Å²) < 4.78 is 0. The molecule has 12 nitrogen and oxygen atoms in total. The van der Waals surface area contributed by atoms with Crippen molar-refractivity contribution in [2.24, 2.45) is 0 Å². The zero-order chi connectivity index (χ0) is 28.3. The SMILES string of the molecule is CC(C)N1C(=O)/C(=C/c2c[nH]c3ccncc23)N(N2C(=O)N(C(C)C)C(=O)/C2=C/c2c[nH]c3ccncc23)C1=O. The van der Waals surface area contributed by atoms with Gasteiger partial charge in [-0.2, -0.15) is 10.0 Å². The number of H-pyrrole nitrogens is 2. The molecule has 0 bridgehead atoms. The van der Waals surface area contributed by atoms with Gasteiger partial charge in [0.2, 0.25) is 0 Å². The lowest BCUT2D eigenvalue weighted by Crippen LogP contribution is -2.48. The molecule has 2 aliphatic rings. The van der Waals surface area contributed by atoms with Gasteiger partial charge in [0.15, 0.2) is 0 Å². The van der Waals surface area contributed by atoms with Gasteiger partial charge in [-0.05, 0) is 52.0 Å². The van der Waals surface area contributed by atoms with Crippen molar-refractivity contribution in [2.45, 2.75) is 39.8 Å². The van der Waals surface area contributed by atoms with Crippen molar-refractivity contribution in [2.75, 3.05) is 0 Å². The summed E-state index contributed by atoms with van der Waals surface area (Å²) in [5.74, 6) is -1.17. The monoisotopic (exact) mass is 538 g/mol. The Hall–Kier alpha value is -5.26. The van der Waals surface area contributed by atoms with Crippen molar-refractivity contribution in [3.63, 3.8) is 0 Å². The van der Waals surface area contributed by atoms with Crippen LogP contribution in [0.4, 0.5) is 9.59 Å². The lowest BCUT2D eigenvalue weighted by Gasteiger charge is -2.28. The average molecular weight is 539 g/mol. The Balaban J connectivity index is 1.55. The maximum absolute atomic E-state index is 13.8. The van der Waals surface area contributed by atoms with E-state index >= 15 is 0 Å². The van der Waals surface area contributed by atoms with Crippen LogP contribution in [0.3, 0.4) is 0 Å². The Labute approximate surface area is 228 Å². The van der Waals surface area contributed by atoms with Crippen LogP contribution in [-0.4, -0.2) is 75.7 Å². The molecule has 0 aromatic carbocycles. The van der Waals surface area contributed by atoms with E-state index in [4.69, 9.17) is 0 Å². The molecule has 6 heterocycles. The summed E-state index contributed by atoms with van der Waals surface area (Å²) in [4.78, 5) is 71.8. The van der Waals surface area contributed by atoms with Gasteiger partial charge in [0, 0.05) is 82.2 Å². The van der Waals surface area contributed by atoms with Gasteiger partial charge in [0.25, 0.3) is 11.8 Å². The molecule has 6 rings (SSSR count). The number of fused-ring (bicyclic) bond motifs is 2. The molecule has 4 aromatic rings. The number of hydrazine groups is 1. The summed E-state index contributed by atoms with van der Waals surface area (Å²) in [5.41, 5.74) is 2.64. The fourth-order valence-corrected chi connectivity index (χ4v) is 5.06. The highest BCUT2D eigenvalue weighted by Crippen LogP contribution is 2.36. The number of aromatic amines is 2. The summed E-state index contributed by atoms with van der Waals surface area (Å²) in [6.45, 7) is 6.83. The predicted molar refractivity (Wildman–Crippen MR) is 147 cm³/mol. The first-order valence-corrected chi connectivity index (χ1v) is 12.8. The number of pyridine rings is 2. The van der Waals surface area contributed by atoms with Crippen molar-refractivity contribution in [3.05, 3.63) is 71.8 Å². The van der Waals surface area contributed by atoms with E-state index in [9.17, 15) is 19.2 Å². The molecular formula is C28H26N8O4. The minimum absolute atomic E-state index is 0.0679. The van der Waals surface area contributed by atoms with Gasteiger partial charge in [0.05, 0.1) is 0 Å². The second kappa shape index (κ2) is 9.19. The molecule has 0 aliphatic carbocycles. The van der Waals surface area contributed by atoms with Crippen LogP contribution in [-0.2, 0) is 9.59 Å². The van der Waals surface area contributed by atoms with Gasteiger partial charge in [-0.1, -0.05) is 0 Å². The predicted octanol–water partition coefficient (Wildman–Crippen LogP) is 4.08. The third kappa shape index (κ3) is 3.67. The number of aromatic nitrogens is 4. The van der Waals surface area contributed by atoms with E-state index in [1.54, 1.807) is 77.0 Å². The number of carbonyl (C=O) groups excluding carboxylic acids is 4. The van der Waals surface area contributed by atoms with Gasteiger partial charge < -0.3 is 9.97 Å². The van der Waals surface area contributed by atoms with E-state index < -0.39 is 36.0 Å². The average Bonchev–Trinajstić information content (AvgIpc) is 3.64. The molecule has 0 spiro atoms. The second-order valence-corrected chi connectivity index (χ2v) is 10.1. The highest BCUT2D eigenvalue weighted by Gasteiger charge is 2.54. The molecule has 0 unspecified atom stereocenters. The third-order valence-electron chi connectivity index (χ3n) is 6.95. The van der Waals surface area contributed by atoms with Gasteiger partial charge in [0.1, 0.15) is 11.4 Å². The maximum Gasteiger partial charge on any atom is 0.351 e. The van der Waals surface area contributed by atoms with Crippen LogP contribution < -0.4 is 0 Å². The Kier molecular flexibility index (Phi) is 5.75. The maximum atomic E-state index is 13.8. The summed E-state index contributed by atoms with van der Waals surface area (Å²) in [5, 5.41) is 3.46. The number of imide groups is 2. The first-order valence-electron chi connectivity index (χ1n) is 12.8. The number of hydrogen-bond acceptors (Lipinski definition) is 6. The Morgan fingerprint density at radius 1 is 0.675 bits per heavy atom. The number of carbonyl (C=O) groups is 4. The first-order chi connectivity index (χ1) is 19.2. The van der Waals surface area contributed by atoms with Crippen LogP contribution in [0, 0.1) is 0 Å². The molecule has 2 saturated heterocycles. The van der Waals surface area contributed by atoms with Gasteiger partial charge in [-0.25, -0.2) is 9.59 Å². The first kappa shape index (κ1) is 25.0. The molecule has 0 radical (unpaired) electrons. The highest BCUT2D eigenvalue weighted by atomic mass is 16.2. The number of urea groups is 2. The van der Waals surface area contributed by atoms with E-state index in [2.05, 4.69) is 19.9 Å². The summed E-state index contributed by atoms with van der Waals surface area (Å²) in [6.07, 6.45) is 13.0. The molecule has 6 amide bonds. The number of nitrogens with zero attached hydrogens (tertiary/aromatic N) is 6. The van der Waals surface area contributed by atoms with Gasteiger partial charge >= 0.3 is 12.1 Å².